The minimum absolute atomic E-state index is 0.0934. The van der Waals surface area contributed by atoms with Crippen molar-refractivity contribution in [3.63, 3.8) is 0 Å². The molecule has 6 N–H and O–H groups in total. The first-order valence-corrected chi connectivity index (χ1v) is 9.96. The predicted octanol–water partition coefficient (Wildman–Crippen LogP) is -1.53. The summed E-state index contributed by atoms with van der Waals surface area (Å²) in [5, 5.41) is 62.9. The van der Waals surface area contributed by atoms with Gasteiger partial charge in [-0.15, -0.1) is 0 Å². The van der Waals surface area contributed by atoms with E-state index in [1.54, 1.807) is 0 Å². The van der Waals surface area contributed by atoms with Crippen molar-refractivity contribution in [1.29, 1.82) is 0 Å². The van der Waals surface area contributed by atoms with Crippen LogP contribution >= 0.6 is 0 Å². The van der Waals surface area contributed by atoms with Crippen molar-refractivity contribution >= 4 is 18.0 Å². The number of aliphatic hydroxyl groups excluding tert-OH is 4. The van der Waals surface area contributed by atoms with E-state index in [-0.39, 0.29) is 17.1 Å². The molecule has 0 aromatic heterocycles. The first-order valence-electron chi connectivity index (χ1n) is 9.96. The van der Waals surface area contributed by atoms with Gasteiger partial charge in [0.05, 0.1) is 37.2 Å². The Morgan fingerprint density at radius 1 is 1.41 bits per heavy atom. The maximum absolute atomic E-state index is 12.2. The Hall–Kier alpha value is -3.30. The van der Waals surface area contributed by atoms with Crippen LogP contribution in [0, 0.1) is 10.1 Å². The van der Waals surface area contributed by atoms with E-state index in [0.29, 0.717) is 6.20 Å². The van der Waals surface area contributed by atoms with Crippen LogP contribution < -0.4 is 14.8 Å². The molecule has 1 saturated heterocycles. The number of carboxylic acids is 1. The Bertz CT molecular complexity index is 938. The molecule has 0 unspecified atom stereocenters. The van der Waals surface area contributed by atoms with Crippen LogP contribution in [0.15, 0.2) is 24.4 Å². The Labute approximate surface area is 193 Å². The Kier molecular flexibility index (Phi) is 8.89. The van der Waals surface area contributed by atoms with E-state index in [1.807, 2.05) is 0 Å². The maximum Gasteiger partial charge on any atom is 0.377 e. The number of ether oxygens (including phenoxy) is 3. The highest BCUT2D eigenvalue weighted by molar-refractivity contribution is 5.77. The summed E-state index contributed by atoms with van der Waals surface area (Å²) in [5.74, 6) is -4.94. The number of carboxylic acid groups (broad SMARTS) is 1. The molecule has 2 rings (SSSR count). The van der Waals surface area contributed by atoms with Gasteiger partial charge in [0.15, 0.2) is 0 Å². The lowest BCUT2D eigenvalue weighted by molar-refractivity contribution is -0.400. The maximum atomic E-state index is 12.2. The molecule has 6 atom stereocenters. The standard InChI is InChI=1S/C20H26N2O12/c1-10(24)21-16-13(25)8-20(19(28)29,34-18(16)17(27)14(26)9-23)33-12-4-3-11(5-6-22(30)31)15(7-12)32-2/h3-7,13-14,16-18,23,25-27H,8-9H2,1-2H3,(H,21,24)(H,28,29)/t13-,14+,16+,17+,18+,20+/m0/s1. The molecule has 1 aliphatic heterocycles. The Morgan fingerprint density at radius 2 is 2.09 bits per heavy atom. The largest absolute Gasteiger partial charge is 0.496 e. The minimum Gasteiger partial charge on any atom is -0.496 e. The van der Waals surface area contributed by atoms with Crippen LogP contribution in [0.2, 0.25) is 0 Å². The van der Waals surface area contributed by atoms with Crippen molar-refractivity contribution in [2.75, 3.05) is 13.7 Å². The van der Waals surface area contributed by atoms with E-state index < -0.39 is 66.1 Å². The molecule has 0 bridgehead atoms. The number of carbonyl (C=O) groups is 2. The Balaban J connectivity index is 2.45. The van der Waals surface area contributed by atoms with E-state index in [9.17, 15) is 45.2 Å². The molecule has 1 heterocycles. The molecule has 1 aromatic carbocycles. The van der Waals surface area contributed by atoms with Gasteiger partial charge in [-0.2, -0.15) is 0 Å². The number of nitrogens with zero attached hydrogens (tertiary/aromatic N) is 1. The smallest absolute Gasteiger partial charge is 0.377 e. The molecule has 1 fully saturated rings. The molecule has 1 aromatic rings. The molecule has 1 aliphatic rings. The van der Waals surface area contributed by atoms with E-state index in [0.717, 1.165) is 13.0 Å². The SMILES string of the molecule is COc1cc(O[C@]2(C(=O)O)C[C@H](O)[C@@H](NC(C)=O)[C@H]([C@H](O)[C@H](O)CO)O2)ccc1C=C[N+](=O)[O-]. The first kappa shape index (κ1) is 26.9. The van der Waals surface area contributed by atoms with Crippen LogP contribution in [0.4, 0.5) is 0 Å². The summed E-state index contributed by atoms with van der Waals surface area (Å²) < 4.78 is 16.2. The number of aliphatic carboxylic acids is 1. The molecule has 188 valence electrons. The number of benzene rings is 1. The van der Waals surface area contributed by atoms with Gasteiger partial charge in [0.1, 0.15) is 29.8 Å². The summed E-state index contributed by atoms with van der Waals surface area (Å²) in [7, 11) is 1.27. The lowest BCUT2D eigenvalue weighted by Crippen LogP contribution is -2.68. The van der Waals surface area contributed by atoms with E-state index >= 15 is 0 Å². The second-order valence-electron chi connectivity index (χ2n) is 7.49. The molecule has 0 aliphatic carbocycles. The van der Waals surface area contributed by atoms with Crippen LogP contribution in [-0.2, 0) is 14.3 Å². The third-order valence-electron chi connectivity index (χ3n) is 5.05. The highest BCUT2D eigenvalue weighted by Gasteiger charge is 2.56. The summed E-state index contributed by atoms with van der Waals surface area (Å²) in [4.78, 5) is 33.7. The van der Waals surface area contributed by atoms with Crippen molar-refractivity contribution in [3.05, 3.63) is 40.1 Å². The minimum atomic E-state index is -2.58. The zero-order valence-corrected chi connectivity index (χ0v) is 18.2. The summed E-state index contributed by atoms with van der Waals surface area (Å²) in [6, 6.07) is 2.52. The van der Waals surface area contributed by atoms with Crippen LogP contribution in [0.3, 0.4) is 0 Å². The average Bonchev–Trinajstić information content (AvgIpc) is 2.78. The van der Waals surface area contributed by atoms with E-state index in [2.05, 4.69) is 5.32 Å². The quantitative estimate of drug-likeness (QED) is 0.164. The van der Waals surface area contributed by atoms with Gasteiger partial charge in [0, 0.05) is 24.6 Å². The predicted molar refractivity (Wildman–Crippen MR) is 112 cm³/mol. The average molecular weight is 486 g/mol. The molecule has 0 saturated carbocycles. The fourth-order valence-corrected chi connectivity index (χ4v) is 3.46. The lowest BCUT2D eigenvalue weighted by atomic mass is 9.88. The Morgan fingerprint density at radius 3 is 2.62 bits per heavy atom. The first-order chi connectivity index (χ1) is 15.9. The topological polar surface area (TPSA) is 218 Å². The van der Waals surface area contributed by atoms with Crippen LogP contribution in [-0.4, -0.2) is 92.3 Å². The van der Waals surface area contributed by atoms with Crippen molar-refractivity contribution in [2.45, 2.75) is 49.6 Å². The third-order valence-corrected chi connectivity index (χ3v) is 5.05. The number of nitro groups is 1. The molecule has 14 nitrogen and oxygen atoms in total. The normalized spacial score (nSPS) is 26.5. The summed E-state index contributed by atoms with van der Waals surface area (Å²) >= 11 is 0. The number of methoxy groups -OCH3 is 1. The van der Waals surface area contributed by atoms with Crippen molar-refractivity contribution in [3.8, 4) is 11.5 Å². The zero-order chi connectivity index (χ0) is 25.6. The number of amides is 1. The van der Waals surface area contributed by atoms with Gasteiger partial charge in [0.25, 0.3) is 0 Å². The van der Waals surface area contributed by atoms with Gasteiger partial charge in [-0.25, -0.2) is 4.79 Å². The summed E-state index contributed by atoms with van der Waals surface area (Å²) in [6.45, 7) is 0.205. The van der Waals surface area contributed by atoms with Gasteiger partial charge < -0.3 is 45.1 Å². The molecular weight excluding hydrogens is 460 g/mol. The van der Waals surface area contributed by atoms with Crippen LogP contribution in [0.1, 0.15) is 18.9 Å². The third kappa shape index (κ3) is 6.18. The molecular formula is C20H26N2O12. The monoisotopic (exact) mass is 486 g/mol. The van der Waals surface area contributed by atoms with Crippen LogP contribution in [0.25, 0.3) is 6.08 Å². The van der Waals surface area contributed by atoms with Crippen LogP contribution in [0.5, 0.6) is 11.5 Å². The number of rotatable bonds is 10. The van der Waals surface area contributed by atoms with Crippen molar-refractivity contribution in [2.24, 2.45) is 0 Å². The van der Waals surface area contributed by atoms with Gasteiger partial charge in [-0.3, -0.25) is 14.9 Å². The molecule has 34 heavy (non-hydrogen) atoms. The number of hydrogen-bond acceptors (Lipinski definition) is 11. The van der Waals surface area contributed by atoms with Gasteiger partial charge in [0.2, 0.25) is 12.1 Å². The molecule has 0 radical (unpaired) electrons. The zero-order valence-electron chi connectivity index (χ0n) is 18.2. The highest BCUT2D eigenvalue weighted by Crippen LogP contribution is 2.36. The number of aliphatic hydroxyl groups is 4. The molecule has 0 spiro atoms. The van der Waals surface area contributed by atoms with Crippen molar-refractivity contribution < 1.29 is 54.3 Å². The van der Waals surface area contributed by atoms with Crippen molar-refractivity contribution in [1.82, 2.24) is 5.32 Å². The second kappa shape index (κ2) is 11.2. The fraction of sp³-hybridized carbons (Fsp3) is 0.500. The summed E-state index contributed by atoms with van der Waals surface area (Å²) in [6.07, 6.45) is -5.88. The summed E-state index contributed by atoms with van der Waals surface area (Å²) in [5.41, 5.74) is 0.283. The van der Waals surface area contributed by atoms with Gasteiger partial charge in [-0.1, -0.05) is 0 Å². The molecule has 14 heteroatoms. The highest BCUT2D eigenvalue weighted by atomic mass is 16.7. The van der Waals surface area contributed by atoms with E-state index in [4.69, 9.17) is 14.2 Å². The van der Waals surface area contributed by atoms with E-state index in [1.165, 1.54) is 25.3 Å². The number of carbonyl (C=O) groups excluding carboxylic acids is 1. The van der Waals surface area contributed by atoms with Gasteiger partial charge >= 0.3 is 11.8 Å². The number of nitrogens with one attached hydrogen (secondary N) is 1. The second-order valence-corrected chi connectivity index (χ2v) is 7.49. The fourth-order valence-electron chi connectivity index (χ4n) is 3.46. The molecule has 1 amide bonds. The lowest BCUT2D eigenvalue weighted by Gasteiger charge is -2.46. The number of hydrogen-bond donors (Lipinski definition) is 6. The van der Waals surface area contributed by atoms with Gasteiger partial charge in [-0.05, 0) is 12.1 Å².